The Kier molecular flexibility index (Phi) is 6.41. The fraction of sp³-hybridized carbons (Fsp3) is 0.643. The van der Waals surface area contributed by atoms with Crippen molar-refractivity contribution in [1.29, 1.82) is 0 Å². The average molecular weight is 348 g/mol. The summed E-state index contributed by atoms with van der Waals surface area (Å²) in [5.41, 5.74) is -11.4. The minimum atomic E-state index is -3.93. The molecule has 0 aliphatic carbocycles. The fourth-order valence-electron chi connectivity index (χ4n) is 2.50. The van der Waals surface area contributed by atoms with E-state index in [1.165, 1.54) is 0 Å². The Morgan fingerprint density at radius 2 is 1.25 bits per heavy atom. The van der Waals surface area contributed by atoms with Crippen LogP contribution >= 0.6 is 0 Å². The zero-order valence-electron chi connectivity index (χ0n) is 13.6. The van der Waals surface area contributed by atoms with E-state index in [-0.39, 0.29) is 0 Å². The lowest BCUT2D eigenvalue weighted by Crippen LogP contribution is -2.81. The predicted octanol–water partition coefficient (Wildman–Crippen LogP) is -3.54. The fourth-order valence-corrected chi connectivity index (χ4v) is 2.50. The molecule has 0 aromatic heterocycles. The molecular formula is C14H20O10. The van der Waals surface area contributed by atoms with Crippen molar-refractivity contribution in [1.82, 2.24) is 0 Å². The van der Waals surface area contributed by atoms with Crippen molar-refractivity contribution in [2.24, 2.45) is 0 Å². The molecular weight excluding hydrogens is 328 g/mol. The summed E-state index contributed by atoms with van der Waals surface area (Å²) in [6.45, 7) is 0.853. The van der Waals surface area contributed by atoms with Crippen molar-refractivity contribution in [3.63, 3.8) is 0 Å². The molecule has 0 heterocycles. The highest BCUT2D eigenvalue weighted by Gasteiger charge is 2.74. The Labute approximate surface area is 136 Å². The second-order valence-electron chi connectivity index (χ2n) is 5.44. The molecule has 0 aliphatic rings. The molecule has 0 radical (unpaired) electrons. The van der Waals surface area contributed by atoms with Crippen LogP contribution in [0.4, 0.5) is 0 Å². The monoisotopic (exact) mass is 348 g/mol. The van der Waals surface area contributed by atoms with Gasteiger partial charge in [-0.25, -0.2) is 0 Å². The summed E-state index contributed by atoms with van der Waals surface area (Å²) in [5, 5.41) is 50.3. The Morgan fingerprint density at radius 3 is 1.46 bits per heavy atom. The molecule has 10 nitrogen and oxygen atoms in total. The van der Waals surface area contributed by atoms with Gasteiger partial charge >= 0.3 is 0 Å². The van der Waals surface area contributed by atoms with Crippen LogP contribution < -0.4 is 0 Å². The normalized spacial score (nSPS) is 20.0. The summed E-state index contributed by atoms with van der Waals surface area (Å²) in [7, 11) is 0. The van der Waals surface area contributed by atoms with Gasteiger partial charge in [0.1, 0.15) is 6.10 Å². The van der Waals surface area contributed by atoms with Crippen molar-refractivity contribution >= 4 is 28.9 Å². The van der Waals surface area contributed by atoms with Gasteiger partial charge in [-0.3, -0.25) is 24.0 Å². The third kappa shape index (κ3) is 2.72. The highest BCUT2D eigenvalue weighted by molar-refractivity contribution is 6.45. The molecule has 5 N–H and O–H groups in total. The van der Waals surface area contributed by atoms with Crippen LogP contribution in [0.3, 0.4) is 0 Å². The first-order chi connectivity index (χ1) is 10.7. The summed E-state index contributed by atoms with van der Waals surface area (Å²) < 4.78 is 0. The van der Waals surface area contributed by atoms with Crippen molar-refractivity contribution < 1.29 is 49.5 Å². The van der Waals surface area contributed by atoms with E-state index in [4.69, 9.17) is 5.11 Å². The molecule has 0 aromatic rings. The van der Waals surface area contributed by atoms with Gasteiger partial charge in [-0.05, 0) is 20.8 Å². The molecule has 0 rings (SSSR count). The second kappa shape index (κ2) is 6.95. The number of hydrogen-bond acceptors (Lipinski definition) is 10. The van der Waals surface area contributed by atoms with Gasteiger partial charge in [0, 0.05) is 6.92 Å². The summed E-state index contributed by atoms with van der Waals surface area (Å²) in [6.07, 6.45) is -2.56. The van der Waals surface area contributed by atoms with Crippen LogP contribution in [0.1, 0.15) is 27.7 Å². The number of hydrogen-bond donors (Lipinski definition) is 5. The molecule has 0 fully saturated rings. The Morgan fingerprint density at radius 1 is 0.833 bits per heavy atom. The van der Waals surface area contributed by atoms with Gasteiger partial charge in [-0.15, -0.1) is 0 Å². The minimum absolute atomic E-state index is 0.513. The molecule has 0 amide bonds. The zero-order chi connectivity index (χ0) is 19.7. The van der Waals surface area contributed by atoms with Gasteiger partial charge in [-0.2, -0.15) is 0 Å². The SMILES string of the molecule is CC(=O)C(=O)[C@@](O)(C(C)=O)[C@@](O)(C(C)=O)[C@](O)(C(C)=O)[C@@H](O)CO. The number of aliphatic hydroxyl groups is 5. The van der Waals surface area contributed by atoms with Crippen molar-refractivity contribution in [2.75, 3.05) is 6.61 Å². The van der Waals surface area contributed by atoms with E-state index in [9.17, 15) is 44.4 Å². The Bertz CT molecular complexity index is 596. The average Bonchev–Trinajstić information content (AvgIpc) is 2.49. The lowest BCUT2D eigenvalue weighted by Gasteiger charge is -2.48. The number of aliphatic hydroxyl groups excluding tert-OH is 2. The molecule has 0 bridgehead atoms. The zero-order valence-corrected chi connectivity index (χ0v) is 13.6. The van der Waals surface area contributed by atoms with Crippen LogP contribution in [-0.2, 0) is 24.0 Å². The Balaban J connectivity index is 7.11. The van der Waals surface area contributed by atoms with Gasteiger partial charge in [0.25, 0.3) is 0 Å². The predicted molar refractivity (Wildman–Crippen MR) is 75.7 cm³/mol. The van der Waals surface area contributed by atoms with Crippen molar-refractivity contribution in [3.05, 3.63) is 0 Å². The van der Waals surface area contributed by atoms with Crippen LogP contribution in [-0.4, -0.2) is 84.0 Å². The molecule has 0 saturated heterocycles. The third-order valence-corrected chi connectivity index (χ3v) is 3.93. The maximum Gasteiger partial charge on any atom is 0.240 e. The molecule has 136 valence electrons. The van der Waals surface area contributed by atoms with E-state index in [1.54, 1.807) is 0 Å². The van der Waals surface area contributed by atoms with Crippen LogP contribution in [0.25, 0.3) is 0 Å². The highest BCUT2D eigenvalue weighted by Crippen LogP contribution is 2.39. The van der Waals surface area contributed by atoms with Crippen molar-refractivity contribution in [2.45, 2.75) is 50.6 Å². The largest absolute Gasteiger partial charge is 0.394 e. The van der Waals surface area contributed by atoms with E-state index >= 15 is 0 Å². The van der Waals surface area contributed by atoms with E-state index in [2.05, 4.69) is 0 Å². The third-order valence-electron chi connectivity index (χ3n) is 3.93. The minimum Gasteiger partial charge on any atom is -0.394 e. The second-order valence-corrected chi connectivity index (χ2v) is 5.44. The lowest BCUT2D eigenvalue weighted by atomic mass is 9.61. The standard InChI is InChI=1S/C14H20O10/c1-6(16)11(21)13(23,8(3)18)14(24,9(4)19)12(22,7(2)17)10(20)5-15/h10,15,20,22-24H,5H2,1-4H3/t10-,12-,13-,14+/m0/s1. The molecule has 0 unspecified atom stereocenters. The molecule has 4 atom stereocenters. The molecule has 0 saturated carbocycles. The van der Waals surface area contributed by atoms with E-state index in [0.717, 1.165) is 0 Å². The number of ketones is 5. The number of rotatable bonds is 9. The van der Waals surface area contributed by atoms with Gasteiger partial charge in [-0.1, -0.05) is 0 Å². The first-order valence-electron chi connectivity index (χ1n) is 6.71. The Hall–Kier alpha value is -1.85. The van der Waals surface area contributed by atoms with E-state index < -0.39 is 58.4 Å². The van der Waals surface area contributed by atoms with Crippen LogP contribution in [0.15, 0.2) is 0 Å². The highest BCUT2D eigenvalue weighted by atomic mass is 16.4. The van der Waals surface area contributed by atoms with Gasteiger partial charge < -0.3 is 25.5 Å². The molecule has 0 spiro atoms. The quantitative estimate of drug-likeness (QED) is 0.206. The number of carbonyl (C=O) groups excluding carboxylic acids is 5. The summed E-state index contributed by atoms with van der Waals surface area (Å²) in [4.78, 5) is 59.0. The van der Waals surface area contributed by atoms with Crippen molar-refractivity contribution in [3.8, 4) is 0 Å². The van der Waals surface area contributed by atoms with Gasteiger partial charge in [0.05, 0.1) is 6.61 Å². The molecule has 10 heteroatoms. The molecule has 0 aromatic carbocycles. The topological polar surface area (TPSA) is 186 Å². The first-order valence-corrected chi connectivity index (χ1v) is 6.71. The van der Waals surface area contributed by atoms with E-state index in [1.807, 2.05) is 0 Å². The maximum absolute atomic E-state index is 12.0. The maximum atomic E-state index is 12.0. The van der Waals surface area contributed by atoms with E-state index in [0.29, 0.717) is 27.7 Å². The van der Waals surface area contributed by atoms with Crippen LogP contribution in [0.5, 0.6) is 0 Å². The smallest absolute Gasteiger partial charge is 0.240 e. The van der Waals surface area contributed by atoms with Crippen LogP contribution in [0.2, 0.25) is 0 Å². The summed E-state index contributed by atoms with van der Waals surface area (Å²) in [6, 6.07) is 0. The summed E-state index contributed by atoms with van der Waals surface area (Å²) in [5.74, 6) is -8.28. The lowest BCUT2D eigenvalue weighted by molar-refractivity contribution is -0.246. The molecule has 0 aliphatic heterocycles. The molecule has 24 heavy (non-hydrogen) atoms. The summed E-state index contributed by atoms with van der Waals surface area (Å²) >= 11 is 0. The van der Waals surface area contributed by atoms with Gasteiger partial charge in [0.15, 0.2) is 28.7 Å². The number of carbonyl (C=O) groups is 5. The first kappa shape index (κ1) is 22.1. The van der Waals surface area contributed by atoms with Gasteiger partial charge in [0.2, 0.25) is 17.0 Å². The van der Waals surface area contributed by atoms with Crippen LogP contribution in [0, 0.1) is 0 Å². The number of Topliss-reactive ketones (excluding diaryl/α,β-unsaturated/α-hetero) is 5.